The SMILES string of the molecule is CCCCCCCCCCCC=C(N(C)CC)N(C)CC. The van der Waals surface area contributed by atoms with E-state index < -0.39 is 0 Å². The summed E-state index contributed by atoms with van der Waals surface area (Å²) in [6.07, 6.45) is 16.3. The average molecular weight is 297 g/mol. The maximum Gasteiger partial charge on any atom is 0.0992 e. The smallest absolute Gasteiger partial charge is 0.0992 e. The molecule has 0 aliphatic carbocycles. The molecule has 0 radical (unpaired) electrons. The summed E-state index contributed by atoms with van der Waals surface area (Å²) in [5.41, 5.74) is 0. The Morgan fingerprint density at radius 1 is 0.667 bits per heavy atom. The summed E-state index contributed by atoms with van der Waals surface area (Å²) in [4.78, 5) is 4.69. The maximum absolute atomic E-state index is 2.42. The van der Waals surface area contributed by atoms with Crippen molar-refractivity contribution in [2.24, 2.45) is 0 Å². The lowest BCUT2D eigenvalue weighted by Gasteiger charge is -2.29. The summed E-state index contributed by atoms with van der Waals surface area (Å²) in [6, 6.07) is 0. The van der Waals surface area contributed by atoms with Crippen LogP contribution in [0.1, 0.15) is 85.0 Å². The second kappa shape index (κ2) is 14.3. The molecule has 0 atom stereocenters. The van der Waals surface area contributed by atoms with Gasteiger partial charge >= 0.3 is 0 Å². The van der Waals surface area contributed by atoms with Gasteiger partial charge in [0.1, 0.15) is 0 Å². The molecule has 0 aromatic heterocycles. The number of hydrogen-bond donors (Lipinski definition) is 0. The van der Waals surface area contributed by atoms with E-state index in [0.29, 0.717) is 0 Å². The predicted molar refractivity (Wildman–Crippen MR) is 96.5 cm³/mol. The molecular formula is C19H40N2. The van der Waals surface area contributed by atoms with Crippen LogP contribution < -0.4 is 0 Å². The van der Waals surface area contributed by atoms with Gasteiger partial charge in [0.15, 0.2) is 0 Å². The van der Waals surface area contributed by atoms with E-state index in [2.05, 4.69) is 50.7 Å². The fourth-order valence-electron chi connectivity index (χ4n) is 2.61. The van der Waals surface area contributed by atoms with Gasteiger partial charge in [-0.25, -0.2) is 0 Å². The van der Waals surface area contributed by atoms with Crippen LogP contribution in [0, 0.1) is 0 Å². The Balaban J connectivity index is 3.71. The molecule has 2 heteroatoms. The van der Waals surface area contributed by atoms with Crippen molar-refractivity contribution in [3.05, 3.63) is 11.9 Å². The van der Waals surface area contributed by atoms with Crippen molar-refractivity contribution < 1.29 is 0 Å². The molecule has 2 nitrogen and oxygen atoms in total. The van der Waals surface area contributed by atoms with Crippen molar-refractivity contribution >= 4 is 0 Å². The Morgan fingerprint density at radius 3 is 1.52 bits per heavy atom. The third kappa shape index (κ3) is 10.7. The summed E-state index contributed by atoms with van der Waals surface area (Å²) in [7, 11) is 4.38. The van der Waals surface area contributed by atoms with Crippen LogP contribution in [-0.2, 0) is 0 Å². The van der Waals surface area contributed by atoms with E-state index in [0.717, 1.165) is 13.1 Å². The van der Waals surface area contributed by atoms with E-state index in [4.69, 9.17) is 0 Å². The van der Waals surface area contributed by atoms with E-state index in [1.54, 1.807) is 0 Å². The van der Waals surface area contributed by atoms with Crippen LogP contribution in [-0.4, -0.2) is 37.0 Å². The van der Waals surface area contributed by atoms with Gasteiger partial charge in [-0.05, 0) is 32.8 Å². The van der Waals surface area contributed by atoms with E-state index in [9.17, 15) is 0 Å². The highest BCUT2D eigenvalue weighted by Gasteiger charge is 2.05. The highest BCUT2D eigenvalue weighted by Crippen LogP contribution is 2.13. The molecule has 21 heavy (non-hydrogen) atoms. The van der Waals surface area contributed by atoms with Crippen LogP contribution in [0.5, 0.6) is 0 Å². The normalized spacial score (nSPS) is 10.5. The highest BCUT2D eigenvalue weighted by molar-refractivity contribution is 4.98. The summed E-state index contributed by atoms with van der Waals surface area (Å²) in [6.45, 7) is 8.88. The molecule has 0 N–H and O–H groups in total. The van der Waals surface area contributed by atoms with Crippen molar-refractivity contribution in [3.8, 4) is 0 Å². The molecule has 0 bridgehead atoms. The van der Waals surface area contributed by atoms with Crippen LogP contribution in [0.25, 0.3) is 0 Å². The fourth-order valence-corrected chi connectivity index (χ4v) is 2.61. The average Bonchev–Trinajstić information content (AvgIpc) is 2.51. The van der Waals surface area contributed by atoms with Crippen molar-refractivity contribution in [3.63, 3.8) is 0 Å². The third-order valence-corrected chi connectivity index (χ3v) is 4.37. The minimum absolute atomic E-state index is 1.08. The van der Waals surface area contributed by atoms with E-state index in [1.807, 2.05) is 0 Å². The summed E-state index contributed by atoms with van der Waals surface area (Å²) in [5, 5.41) is 0. The van der Waals surface area contributed by atoms with Crippen molar-refractivity contribution in [2.45, 2.75) is 85.0 Å². The van der Waals surface area contributed by atoms with E-state index in [1.165, 1.54) is 70.0 Å². The summed E-state index contributed by atoms with van der Waals surface area (Å²) >= 11 is 0. The Hall–Kier alpha value is -0.660. The Labute approximate surface area is 134 Å². The zero-order valence-corrected chi connectivity index (χ0v) is 15.5. The molecule has 0 aliphatic heterocycles. The van der Waals surface area contributed by atoms with Crippen LogP contribution in [0.2, 0.25) is 0 Å². The minimum Gasteiger partial charge on any atom is -0.362 e. The Kier molecular flexibility index (Phi) is 13.8. The number of unbranched alkanes of at least 4 members (excludes halogenated alkanes) is 9. The van der Waals surface area contributed by atoms with Crippen molar-refractivity contribution in [2.75, 3.05) is 27.2 Å². The first-order valence-electron chi connectivity index (χ1n) is 9.29. The minimum atomic E-state index is 1.08. The van der Waals surface area contributed by atoms with Gasteiger partial charge in [0.2, 0.25) is 0 Å². The molecule has 0 saturated carbocycles. The van der Waals surface area contributed by atoms with E-state index >= 15 is 0 Å². The second-order valence-electron chi connectivity index (χ2n) is 6.21. The van der Waals surface area contributed by atoms with E-state index in [-0.39, 0.29) is 0 Å². The molecule has 0 unspecified atom stereocenters. The molecule has 0 aromatic carbocycles. The maximum atomic E-state index is 2.42. The lowest BCUT2D eigenvalue weighted by Crippen LogP contribution is -2.30. The van der Waals surface area contributed by atoms with Gasteiger partial charge in [-0.2, -0.15) is 0 Å². The largest absolute Gasteiger partial charge is 0.362 e. The number of nitrogens with zero attached hydrogens (tertiary/aromatic N) is 2. The summed E-state index contributed by atoms with van der Waals surface area (Å²) in [5.74, 6) is 1.39. The molecule has 0 heterocycles. The third-order valence-electron chi connectivity index (χ3n) is 4.37. The Bertz CT molecular complexity index is 236. The molecule has 0 fully saturated rings. The molecule has 126 valence electrons. The topological polar surface area (TPSA) is 6.48 Å². The first-order valence-corrected chi connectivity index (χ1v) is 9.29. The number of hydrogen-bond acceptors (Lipinski definition) is 2. The molecular weight excluding hydrogens is 256 g/mol. The molecule has 0 rings (SSSR count). The van der Waals surface area contributed by atoms with Gasteiger partial charge in [-0.3, -0.25) is 0 Å². The monoisotopic (exact) mass is 296 g/mol. The Morgan fingerprint density at radius 2 is 1.10 bits per heavy atom. The first-order chi connectivity index (χ1) is 10.2. The van der Waals surface area contributed by atoms with Gasteiger partial charge in [0.05, 0.1) is 5.82 Å². The molecule has 0 saturated heterocycles. The fraction of sp³-hybridized carbons (Fsp3) is 0.895. The van der Waals surface area contributed by atoms with Crippen LogP contribution in [0.3, 0.4) is 0 Å². The van der Waals surface area contributed by atoms with Crippen LogP contribution in [0.15, 0.2) is 11.9 Å². The predicted octanol–water partition coefficient (Wildman–Crippen LogP) is 5.65. The molecule has 0 spiro atoms. The van der Waals surface area contributed by atoms with Gasteiger partial charge < -0.3 is 9.80 Å². The lowest BCUT2D eigenvalue weighted by atomic mass is 10.1. The van der Waals surface area contributed by atoms with Crippen molar-refractivity contribution in [1.29, 1.82) is 0 Å². The quantitative estimate of drug-likeness (QED) is 0.382. The number of rotatable bonds is 14. The highest BCUT2D eigenvalue weighted by atomic mass is 15.3. The van der Waals surface area contributed by atoms with Crippen LogP contribution >= 0.6 is 0 Å². The lowest BCUT2D eigenvalue weighted by molar-refractivity contribution is 0.283. The molecule has 0 aliphatic rings. The van der Waals surface area contributed by atoms with Gasteiger partial charge in [0.25, 0.3) is 0 Å². The van der Waals surface area contributed by atoms with Gasteiger partial charge in [-0.1, -0.05) is 58.3 Å². The zero-order valence-electron chi connectivity index (χ0n) is 15.5. The zero-order chi connectivity index (χ0) is 15.9. The molecule has 0 amide bonds. The second-order valence-corrected chi connectivity index (χ2v) is 6.21. The van der Waals surface area contributed by atoms with Crippen molar-refractivity contribution in [1.82, 2.24) is 9.80 Å². The van der Waals surface area contributed by atoms with Crippen LogP contribution in [0.4, 0.5) is 0 Å². The first kappa shape index (κ1) is 20.3. The number of allylic oxidation sites excluding steroid dienone is 1. The molecule has 0 aromatic rings. The van der Waals surface area contributed by atoms with Gasteiger partial charge in [0, 0.05) is 27.2 Å². The summed E-state index contributed by atoms with van der Waals surface area (Å²) < 4.78 is 0. The standard InChI is InChI=1S/C19H40N2/c1-6-9-10-11-12-13-14-15-16-17-18-19(20(4)7-2)21(5)8-3/h18H,6-17H2,1-5H3. The van der Waals surface area contributed by atoms with Gasteiger partial charge in [-0.15, -0.1) is 0 Å².